The summed E-state index contributed by atoms with van der Waals surface area (Å²) < 4.78 is 6.43. The van der Waals surface area contributed by atoms with Crippen LogP contribution in [0.1, 0.15) is 36.3 Å². The van der Waals surface area contributed by atoms with Gasteiger partial charge in [0.25, 0.3) is 0 Å². The minimum Gasteiger partial charge on any atom is -0.457 e. The number of aromatic nitrogens is 1. The molecule has 1 aromatic heterocycles. The molecule has 0 spiro atoms. The maximum Gasteiger partial charge on any atom is 0.131 e. The van der Waals surface area contributed by atoms with Crippen LogP contribution in [-0.4, -0.2) is 35.3 Å². The van der Waals surface area contributed by atoms with Crippen molar-refractivity contribution >= 4 is 11.8 Å². The highest BCUT2D eigenvalue weighted by Crippen LogP contribution is 2.50. The molecule has 3 aliphatic heterocycles. The van der Waals surface area contributed by atoms with E-state index in [4.69, 9.17) is 4.74 Å². The second kappa shape index (κ2) is 8.76. The first-order valence-corrected chi connectivity index (χ1v) is 12.7. The smallest absolute Gasteiger partial charge is 0.131 e. The Balaban J connectivity index is 1.28. The van der Waals surface area contributed by atoms with Crippen LogP contribution in [0.25, 0.3) is 11.1 Å². The highest BCUT2D eigenvalue weighted by atomic mass is 32.2. The highest BCUT2D eigenvalue weighted by Gasteiger charge is 2.35. The van der Waals surface area contributed by atoms with E-state index in [1.54, 1.807) is 4.91 Å². The molecule has 6 rings (SSSR count). The van der Waals surface area contributed by atoms with Gasteiger partial charge in [-0.15, -0.1) is 11.8 Å². The molecule has 2 aromatic carbocycles. The van der Waals surface area contributed by atoms with E-state index < -0.39 is 0 Å². The number of piperidine rings is 1. The topological polar surface area (TPSA) is 25.4 Å². The lowest BCUT2D eigenvalue weighted by atomic mass is 9.74. The summed E-state index contributed by atoms with van der Waals surface area (Å²) in [5.41, 5.74) is 4.97. The SMILES string of the molecule is C1=C(CN2CCC(C3c4ccccc4Oc4cc(-c5cccnc5)ccc43)CC2)SCC1. The number of fused-ring (bicyclic) bond motifs is 2. The summed E-state index contributed by atoms with van der Waals surface area (Å²) in [6, 6.07) is 19.5. The van der Waals surface area contributed by atoms with Gasteiger partial charge in [0.2, 0.25) is 0 Å². The van der Waals surface area contributed by atoms with E-state index >= 15 is 0 Å². The van der Waals surface area contributed by atoms with Crippen molar-refractivity contribution in [1.82, 2.24) is 9.88 Å². The van der Waals surface area contributed by atoms with Gasteiger partial charge in [0.1, 0.15) is 11.5 Å². The van der Waals surface area contributed by atoms with E-state index in [2.05, 4.69) is 64.5 Å². The molecule has 3 nitrogen and oxygen atoms in total. The summed E-state index contributed by atoms with van der Waals surface area (Å²) in [5, 5.41) is 0. The largest absolute Gasteiger partial charge is 0.457 e. The van der Waals surface area contributed by atoms with Crippen LogP contribution in [0.2, 0.25) is 0 Å². The molecule has 4 heteroatoms. The fraction of sp³-hybridized carbons (Fsp3) is 0.321. The summed E-state index contributed by atoms with van der Waals surface area (Å²) in [6.45, 7) is 3.52. The van der Waals surface area contributed by atoms with Crippen molar-refractivity contribution < 1.29 is 4.74 Å². The zero-order valence-electron chi connectivity index (χ0n) is 18.2. The molecule has 3 aliphatic rings. The minimum absolute atomic E-state index is 0.403. The molecule has 3 aromatic rings. The third-order valence-electron chi connectivity index (χ3n) is 7.08. The van der Waals surface area contributed by atoms with E-state index in [1.807, 2.05) is 30.2 Å². The van der Waals surface area contributed by atoms with E-state index in [0.717, 1.165) is 29.2 Å². The maximum absolute atomic E-state index is 6.43. The lowest BCUT2D eigenvalue weighted by molar-refractivity contribution is 0.186. The van der Waals surface area contributed by atoms with Crippen molar-refractivity contribution in [2.45, 2.75) is 25.2 Å². The Morgan fingerprint density at radius 1 is 0.938 bits per heavy atom. The Kier molecular flexibility index (Phi) is 5.50. The van der Waals surface area contributed by atoms with E-state index in [0.29, 0.717) is 11.8 Å². The van der Waals surface area contributed by atoms with E-state index in [1.165, 1.54) is 49.2 Å². The fourth-order valence-corrected chi connectivity index (χ4v) is 6.47. The molecular formula is C28H28N2OS. The van der Waals surface area contributed by atoms with Gasteiger partial charge in [0.05, 0.1) is 0 Å². The van der Waals surface area contributed by atoms with E-state index in [9.17, 15) is 0 Å². The van der Waals surface area contributed by atoms with Crippen LogP contribution in [0, 0.1) is 5.92 Å². The molecule has 0 N–H and O–H groups in total. The predicted molar refractivity (Wildman–Crippen MR) is 132 cm³/mol. The van der Waals surface area contributed by atoms with Crippen LogP contribution in [0.3, 0.4) is 0 Å². The monoisotopic (exact) mass is 440 g/mol. The molecule has 0 aliphatic carbocycles. The summed E-state index contributed by atoms with van der Waals surface area (Å²) in [6.07, 6.45) is 9.89. The first-order chi connectivity index (χ1) is 15.8. The molecule has 4 heterocycles. The number of para-hydroxylation sites is 1. The lowest BCUT2D eigenvalue weighted by Gasteiger charge is -2.39. The molecular weight excluding hydrogens is 412 g/mol. The normalized spacial score (nSPS) is 20.9. The van der Waals surface area contributed by atoms with Gasteiger partial charge in [-0.25, -0.2) is 0 Å². The van der Waals surface area contributed by atoms with Gasteiger partial charge < -0.3 is 4.74 Å². The first kappa shape index (κ1) is 20.1. The van der Waals surface area contributed by atoms with Gasteiger partial charge in [-0.1, -0.05) is 42.5 Å². The van der Waals surface area contributed by atoms with Crippen molar-refractivity contribution in [3.8, 4) is 22.6 Å². The number of pyridine rings is 1. The number of thioether (sulfide) groups is 1. The fourth-order valence-electron chi connectivity index (χ4n) is 5.46. The number of likely N-dealkylation sites (tertiary alicyclic amines) is 1. The van der Waals surface area contributed by atoms with Crippen molar-refractivity contribution in [3.63, 3.8) is 0 Å². The van der Waals surface area contributed by atoms with Crippen LogP contribution in [0.15, 0.2) is 78.0 Å². The average molecular weight is 441 g/mol. The zero-order chi connectivity index (χ0) is 21.3. The summed E-state index contributed by atoms with van der Waals surface area (Å²) in [4.78, 5) is 8.52. The standard InChI is InChI=1S/C28H28N2OS/c1-2-8-26-24(7-1)28(20-11-14-30(15-12-20)19-23-6-4-16-32-23)25-10-9-21(17-27(25)31-26)22-5-3-13-29-18-22/h1-3,5-10,13,17-18,20,28H,4,11-12,14-16,19H2. The first-order valence-electron chi connectivity index (χ1n) is 11.7. The Labute approximate surface area is 194 Å². The van der Waals surface area contributed by atoms with Gasteiger partial charge in [0, 0.05) is 47.3 Å². The Hall–Kier alpha value is -2.56. The number of allylic oxidation sites excluding steroid dienone is 1. The third kappa shape index (κ3) is 3.87. The van der Waals surface area contributed by atoms with Gasteiger partial charge in [-0.05, 0) is 66.9 Å². The number of rotatable bonds is 4. The average Bonchev–Trinajstić information content (AvgIpc) is 3.36. The Bertz CT molecular complexity index is 1140. The van der Waals surface area contributed by atoms with Crippen molar-refractivity contribution in [2.75, 3.05) is 25.4 Å². The van der Waals surface area contributed by atoms with Crippen molar-refractivity contribution in [2.24, 2.45) is 5.92 Å². The molecule has 0 saturated carbocycles. The molecule has 162 valence electrons. The molecule has 1 saturated heterocycles. The Morgan fingerprint density at radius 3 is 2.62 bits per heavy atom. The van der Waals surface area contributed by atoms with Gasteiger partial charge in [-0.3, -0.25) is 9.88 Å². The summed E-state index contributed by atoms with van der Waals surface area (Å²) in [5.74, 6) is 4.33. The molecule has 1 unspecified atom stereocenters. The second-order valence-electron chi connectivity index (χ2n) is 9.03. The second-order valence-corrected chi connectivity index (χ2v) is 10.3. The maximum atomic E-state index is 6.43. The minimum atomic E-state index is 0.403. The van der Waals surface area contributed by atoms with Crippen LogP contribution >= 0.6 is 11.8 Å². The summed E-state index contributed by atoms with van der Waals surface area (Å²) in [7, 11) is 0. The molecule has 32 heavy (non-hydrogen) atoms. The summed E-state index contributed by atoms with van der Waals surface area (Å²) >= 11 is 2.04. The number of hydrogen-bond acceptors (Lipinski definition) is 4. The van der Waals surface area contributed by atoms with Crippen LogP contribution < -0.4 is 4.74 Å². The zero-order valence-corrected chi connectivity index (χ0v) is 19.1. The number of benzene rings is 2. The van der Waals surface area contributed by atoms with Gasteiger partial charge in [-0.2, -0.15) is 0 Å². The predicted octanol–water partition coefficient (Wildman–Crippen LogP) is 6.72. The van der Waals surface area contributed by atoms with Crippen molar-refractivity contribution in [1.29, 1.82) is 0 Å². The van der Waals surface area contributed by atoms with Gasteiger partial charge >= 0.3 is 0 Å². The highest BCUT2D eigenvalue weighted by molar-refractivity contribution is 8.03. The quantitative estimate of drug-likeness (QED) is 0.450. The number of ether oxygens (including phenoxy) is 1. The Morgan fingerprint density at radius 2 is 1.81 bits per heavy atom. The molecule has 0 bridgehead atoms. The van der Waals surface area contributed by atoms with Crippen LogP contribution in [0.4, 0.5) is 0 Å². The van der Waals surface area contributed by atoms with E-state index in [-0.39, 0.29) is 0 Å². The third-order valence-corrected chi connectivity index (χ3v) is 8.18. The molecule has 1 fully saturated rings. The number of hydrogen-bond donors (Lipinski definition) is 0. The lowest BCUT2D eigenvalue weighted by Crippen LogP contribution is -2.37. The van der Waals surface area contributed by atoms with Crippen LogP contribution in [0.5, 0.6) is 11.5 Å². The molecule has 1 atom stereocenters. The molecule has 0 amide bonds. The van der Waals surface area contributed by atoms with Gasteiger partial charge in [0.15, 0.2) is 0 Å². The van der Waals surface area contributed by atoms with Crippen LogP contribution in [-0.2, 0) is 0 Å². The number of nitrogens with zero attached hydrogens (tertiary/aromatic N) is 2. The molecule has 0 radical (unpaired) electrons. The van der Waals surface area contributed by atoms with Crippen molar-refractivity contribution in [3.05, 3.63) is 89.1 Å².